The van der Waals surface area contributed by atoms with Crippen LogP contribution in [0.4, 0.5) is 0 Å². The lowest BCUT2D eigenvalue weighted by atomic mass is 9.92. The highest BCUT2D eigenvalue weighted by atomic mass is 14.7. The molecule has 2 aromatic carbocycles. The summed E-state index contributed by atoms with van der Waals surface area (Å²) in [6, 6.07) is 18.2. The Balaban J connectivity index is 1.26. The lowest BCUT2D eigenvalue weighted by Crippen LogP contribution is -2.02. The molecule has 0 aliphatic heterocycles. The molecule has 0 amide bonds. The number of aromatic nitrogens is 2. The molecule has 4 aromatic rings. The first-order valence-corrected chi connectivity index (χ1v) is 13.9. The lowest BCUT2D eigenvalue weighted by Gasteiger charge is -2.16. The van der Waals surface area contributed by atoms with Crippen molar-refractivity contribution in [3.63, 3.8) is 0 Å². The summed E-state index contributed by atoms with van der Waals surface area (Å²) in [5.74, 6) is 1.08. The highest BCUT2D eigenvalue weighted by Gasteiger charge is 2.23. The van der Waals surface area contributed by atoms with Crippen LogP contribution in [0.1, 0.15) is 88.7 Å². The maximum absolute atomic E-state index is 4.95. The fraction of sp³-hybridized carbons (Fsp3) is 0.371. The van der Waals surface area contributed by atoms with Gasteiger partial charge in [-0.3, -0.25) is 9.97 Å². The Labute approximate surface area is 223 Å². The Bertz CT molecular complexity index is 1240. The van der Waals surface area contributed by atoms with E-state index in [2.05, 4.69) is 102 Å². The average Bonchev–Trinajstić information content (AvgIpc) is 3.16. The highest BCUT2D eigenvalue weighted by Crippen LogP contribution is 2.38. The molecule has 0 spiro atoms. The highest BCUT2D eigenvalue weighted by molar-refractivity contribution is 5.66. The van der Waals surface area contributed by atoms with Crippen LogP contribution in [0.15, 0.2) is 60.9 Å². The van der Waals surface area contributed by atoms with Gasteiger partial charge in [-0.2, -0.15) is 0 Å². The van der Waals surface area contributed by atoms with Crippen molar-refractivity contribution in [2.24, 2.45) is 0 Å². The van der Waals surface area contributed by atoms with Crippen molar-refractivity contribution in [2.75, 3.05) is 0 Å². The molecule has 0 radical (unpaired) electrons. The zero-order valence-corrected chi connectivity index (χ0v) is 23.4. The number of nitrogens with zero attached hydrogens (tertiary/aromatic N) is 2. The van der Waals surface area contributed by atoms with Crippen LogP contribution in [-0.2, 0) is 0 Å². The Kier molecular flexibility index (Phi) is 7.29. The molecule has 2 atom stereocenters. The molecule has 0 N–H and O–H groups in total. The van der Waals surface area contributed by atoms with Gasteiger partial charge in [-0.1, -0.05) is 42.8 Å². The van der Waals surface area contributed by atoms with Gasteiger partial charge < -0.3 is 0 Å². The van der Waals surface area contributed by atoms with Gasteiger partial charge in [0.25, 0.3) is 0 Å². The van der Waals surface area contributed by atoms with Gasteiger partial charge in [-0.05, 0) is 124 Å². The molecular formula is C35H40N2. The fourth-order valence-electron chi connectivity index (χ4n) is 5.93. The number of benzene rings is 2. The van der Waals surface area contributed by atoms with Gasteiger partial charge in [0, 0.05) is 46.7 Å². The summed E-state index contributed by atoms with van der Waals surface area (Å²) in [5, 5.41) is 0. The van der Waals surface area contributed by atoms with Crippen molar-refractivity contribution in [1.82, 2.24) is 9.97 Å². The van der Waals surface area contributed by atoms with Crippen LogP contribution in [0.25, 0.3) is 22.3 Å². The average molecular weight is 489 g/mol. The second-order valence-electron chi connectivity index (χ2n) is 11.3. The molecule has 2 unspecified atom stereocenters. The van der Waals surface area contributed by atoms with Crippen molar-refractivity contribution in [1.29, 1.82) is 0 Å². The molecule has 2 heterocycles. The molecule has 0 bridgehead atoms. The van der Waals surface area contributed by atoms with E-state index in [1.165, 1.54) is 99.1 Å². The second kappa shape index (κ2) is 10.6. The third-order valence-electron chi connectivity index (χ3n) is 8.90. The maximum atomic E-state index is 4.95. The molecule has 1 aliphatic carbocycles. The zero-order chi connectivity index (χ0) is 26.1. The molecule has 1 saturated carbocycles. The molecule has 0 saturated heterocycles. The standard InChI is InChI=1S/C35H40N2/c1-22-16-32(17-23(2)26(22)5)30-12-14-34(36-20-30)28-8-7-9-29(11-10-28)35-15-13-31(21-37-35)33-18-24(3)27(6)25(4)19-33/h12-21,28-29H,7-11H2,1-6H3. The van der Waals surface area contributed by atoms with Gasteiger partial charge in [0.05, 0.1) is 0 Å². The zero-order valence-electron chi connectivity index (χ0n) is 23.4. The summed E-state index contributed by atoms with van der Waals surface area (Å²) in [4.78, 5) is 9.90. The first-order valence-electron chi connectivity index (χ1n) is 13.9. The van der Waals surface area contributed by atoms with E-state index in [1.807, 2.05) is 0 Å². The second-order valence-corrected chi connectivity index (χ2v) is 11.3. The monoisotopic (exact) mass is 488 g/mol. The van der Waals surface area contributed by atoms with Crippen molar-refractivity contribution in [2.45, 2.75) is 85.5 Å². The molecule has 1 aliphatic rings. The van der Waals surface area contributed by atoms with Gasteiger partial charge >= 0.3 is 0 Å². The van der Waals surface area contributed by atoms with E-state index in [-0.39, 0.29) is 0 Å². The Hall–Kier alpha value is -3.26. The minimum atomic E-state index is 0.540. The van der Waals surface area contributed by atoms with E-state index >= 15 is 0 Å². The third-order valence-corrected chi connectivity index (χ3v) is 8.90. The molecule has 2 nitrogen and oxygen atoms in total. The predicted molar refractivity (Wildman–Crippen MR) is 156 cm³/mol. The number of rotatable bonds is 4. The Morgan fingerprint density at radius 3 is 1.19 bits per heavy atom. The number of pyridine rings is 2. The minimum absolute atomic E-state index is 0.540. The summed E-state index contributed by atoms with van der Waals surface area (Å²) in [6.45, 7) is 13.2. The summed E-state index contributed by atoms with van der Waals surface area (Å²) >= 11 is 0. The fourth-order valence-corrected chi connectivity index (χ4v) is 5.93. The van der Waals surface area contributed by atoms with Crippen molar-refractivity contribution >= 4 is 0 Å². The summed E-state index contributed by atoms with van der Waals surface area (Å²) < 4.78 is 0. The van der Waals surface area contributed by atoms with Crippen LogP contribution in [0.5, 0.6) is 0 Å². The molecule has 5 rings (SSSR count). The van der Waals surface area contributed by atoms with E-state index in [0.717, 1.165) is 0 Å². The summed E-state index contributed by atoms with van der Waals surface area (Å²) in [7, 11) is 0. The van der Waals surface area contributed by atoms with Crippen molar-refractivity contribution in [3.05, 3.63) is 106 Å². The minimum Gasteiger partial charge on any atom is -0.260 e. The van der Waals surface area contributed by atoms with Crippen LogP contribution < -0.4 is 0 Å². The van der Waals surface area contributed by atoms with E-state index in [1.54, 1.807) is 0 Å². The maximum Gasteiger partial charge on any atom is 0.0434 e. The number of hydrogen-bond donors (Lipinski definition) is 0. The van der Waals surface area contributed by atoms with Gasteiger partial charge in [-0.15, -0.1) is 0 Å². The van der Waals surface area contributed by atoms with Gasteiger partial charge in [0.2, 0.25) is 0 Å². The molecule has 2 heteroatoms. The SMILES string of the molecule is Cc1cc(-c2ccc(C3CCCC(c4ccc(-c5cc(C)c(C)c(C)c5)cn4)CC3)nc2)cc(C)c1C. The van der Waals surface area contributed by atoms with Gasteiger partial charge in [-0.25, -0.2) is 0 Å². The van der Waals surface area contributed by atoms with Gasteiger partial charge in [0.15, 0.2) is 0 Å². The predicted octanol–water partition coefficient (Wildman–Crippen LogP) is 9.49. The van der Waals surface area contributed by atoms with Crippen LogP contribution in [0, 0.1) is 41.5 Å². The van der Waals surface area contributed by atoms with Gasteiger partial charge in [0.1, 0.15) is 0 Å². The topological polar surface area (TPSA) is 25.8 Å². The smallest absolute Gasteiger partial charge is 0.0434 e. The molecule has 1 fully saturated rings. The van der Waals surface area contributed by atoms with E-state index in [0.29, 0.717) is 11.8 Å². The Morgan fingerprint density at radius 2 is 0.865 bits per heavy atom. The van der Waals surface area contributed by atoms with Crippen LogP contribution in [-0.4, -0.2) is 9.97 Å². The van der Waals surface area contributed by atoms with E-state index < -0.39 is 0 Å². The third kappa shape index (κ3) is 5.39. The van der Waals surface area contributed by atoms with Crippen LogP contribution in [0.3, 0.4) is 0 Å². The largest absolute Gasteiger partial charge is 0.260 e. The molecule has 2 aromatic heterocycles. The van der Waals surface area contributed by atoms with Crippen molar-refractivity contribution < 1.29 is 0 Å². The van der Waals surface area contributed by atoms with E-state index in [9.17, 15) is 0 Å². The molecule has 190 valence electrons. The first kappa shape index (κ1) is 25.4. The first-order chi connectivity index (χ1) is 17.8. The van der Waals surface area contributed by atoms with Crippen LogP contribution >= 0.6 is 0 Å². The van der Waals surface area contributed by atoms with E-state index in [4.69, 9.17) is 9.97 Å². The Morgan fingerprint density at radius 1 is 0.486 bits per heavy atom. The lowest BCUT2D eigenvalue weighted by molar-refractivity contribution is 0.558. The quantitative estimate of drug-likeness (QED) is 0.267. The summed E-state index contributed by atoms with van der Waals surface area (Å²) in [6.07, 6.45) is 10.2. The number of hydrogen-bond acceptors (Lipinski definition) is 2. The number of aryl methyl sites for hydroxylation is 4. The molecular weight excluding hydrogens is 448 g/mol. The van der Waals surface area contributed by atoms with Crippen LogP contribution in [0.2, 0.25) is 0 Å². The summed E-state index contributed by atoms with van der Waals surface area (Å²) in [5.41, 5.74) is 15.6. The normalized spacial score (nSPS) is 18.0. The molecule has 37 heavy (non-hydrogen) atoms. The van der Waals surface area contributed by atoms with Crippen molar-refractivity contribution in [3.8, 4) is 22.3 Å².